The fourth-order valence-corrected chi connectivity index (χ4v) is 2.89. The fraction of sp³-hybridized carbons (Fsp3) is 0.600. The van der Waals surface area contributed by atoms with Crippen molar-refractivity contribution in [3.05, 3.63) is 12.0 Å². The first-order chi connectivity index (χ1) is 9.52. The molecule has 10 heteroatoms. The maximum absolute atomic E-state index is 11.8. The highest BCUT2D eigenvalue weighted by Gasteiger charge is 2.45. The number of nitrogens with one attached hydrogen (secondary N) is 2. The molecule has 110 valence electrons. The first-order valence-corrected chi connectivity index (χ1v) is 7.18. The van der Waals surface area contributed by atoms with E-state index >= 15 is 0 Å². The van der Waals surface area contributed by atoms with Crippen LogP contribution < -0.4 is 10.6 Å². The van der Waals surface area contributed by atoms with E-state index in [-0.39, 0.29) is 15.8 Å². The fourth-order valence-electron chi connectivity index (χ4n) is 2.31. The van der Waals surface area contributed by atoms with E-state index < -0.39 is 31.1 Å². The van der Waals surface area contributed by atoms with Crippen molar-refractivity contribution in [2.24, 2.45) is 0 Å². The molecule has 3 heterocycles. The van der Waals surface area contributed by atoms with Crippen molar-refractivity contribution in [3.63, 3.8) is 0 Å². The molecule has 1 amide bonds. The number of amides is 1. The van der Waals surface area contributed by atoms with E-state index in [4.69, 9.17) is 9.84 Å². The van der Waals surface area contributed by atoms with Gasteiger partial charge in [-0.2, -0.15) is 0 Å². The number of fused-ring (bicyclic) bond motifs is 1. The molecule has 5 atom stereocenters. The topological polar surface area (TPSA) is 129 Å². The number of hydrogen-bond acceptors (Lipinski definition) is 7. The predicted octanol–water partition coefficient (Wildman–Crippen LogP) is -1.63. The number of carbonyl (C=O) groups excluding carboxylic acids is 1. The molecule has 5 N–H and O–H groups in total. The minimum absolute atomic E-state index is 0.190. The number of aromatic nitrogens is 2. The Morgan fingerprint density at radius 1 is 1.40 bits per heavy atom. The van der Waals surface area contributed by atoms with Crippen molar-refractivity contribution in [1.29, 1.82) is 0 Å². The first kappa shape index (κ1) is 14.0. The summed E-state index contributed by atoms with van der Waals surface area (Å²) in [5, 5.41) is 34.5. The van der Waals surface area contributed by atoms with Crippen LogP contribution in [0.5, 0.6) is 0 Å². The average molecular weight is 396 g/mol. The summed E-state index contributed by atoms with van der Waals surface area (Å²) >= 11 is 1.99. The Kier molecular flexibility index (Phi) is 3.58. The van der Waals surface area contributed by atoms with Crippen LogP contribution in [0.3, 0.4) is 0 Å². The molecule has 1 aromatic heterocycles. The number of rotatable bonds is 2. The van der Waals surface area contributed by atoms with E-state index in [1.165, 1.54) is 10.9 Å². The summed E-state index contributed by atoms with van der Waals surface area (Å²) in [4.78, 5) is 15.7. The maximum Gasteiger partial charge on any atom is 0.275 e. The van der Waals surface area contributed by atoms with E-state index in [0.29, 0.717) is 5.82 Å². The first-order valence-electron chi connectivity index (χ1n) is 5.93. The number of ether oxygens (including phenoxy) is 1. The summed E-state index contributed by atoms with van der Waals surface area (Å²) < 4.78 is 6.54. The molecule has 5 unspecified atom stereocenters. The summed E-state index contributed by atoms with van der Waals surface area (Å²) in [6, 6.07) is 0. The molecule has 2 aliphatic rings. The molecule has 0 radical (unpaired) electrons. The van der Waals surface area contributed by atoms with Gasteiger partial charge in [-0.1, -0.05) is 0 Å². The molecule has 1 aromatic rings. The molecular formula is C10H13IN4O5. The largest absolute Gasteiger partial charge is 0.394 e. The molecule has 0 saturated carbocycles. The molecule has 0 bridgehead atoms. The van der Waals surface area contributed by atoms with Gasteiger partial charge in [0.2, 0.25) is 0 Å². The van der Waals surface area contributed by atoms with Crippen LogP contribution in [0, 0.1) is 0 Å². The Balaban J connectivity index is 1.94. The molecule has 9 nitrogen and oxygen atoms in total. The standard InChI is InChI=1S/C10H13IN4O5/c11-10-13-7-4(8(19)14-10)12-2-15(7)9-6(18)5(17)3(1-16)20-9/h2-3,5-6,9-10,13,16-18H,1H2,(H,14,19). The second kappa shape index (κ2) is 5.11. The number of imidazole rings is 1. The van der Waals surface area contributed by atoms with E-state index in [0.717, 1.165) is 0 Å². The van der Waals surface area contributed by atoms with Gasteiger partial charge in [0.25, 0.3) is 5.91 Å². The van der Waals surface area contributed by atoms with Crippen molar-refractivity contribution < 1.29 is 24.9 Å². The zero-order chi connectivity index (χ0) is 14.4. The van der Waals surface area contributed by atoms with Crippen LogP contribution in [0.15, 0.2) is 6.33 Å². The van der Waals surface area contributed by atoms with Gasteiger partial charge in [-0.05, 0) is 22.6 Å². The average Bonchev–Trinajstić information content (AvgIpc) is 2.93. The third-order valence-corrected chi connectivity index (χ3v) is 3.94. The van der Waals surface area contributed by atoms with Crippen LogP contribution in [0.2, 0.25) is 0 Å². The lowest BCUT2D eigenvalue weighted by Gasteiger charge is -2.25. The Hall–Kier alpha value is -0.950. The van der Waals surface area contributed by atoms with Crippen molar-refractivity contribution in [1.82, 2.24) is 14.9 Å². The van der Waals surface area contributed by atoms with Crippen molar-refractivity contribution in [2.45, 2.75) is 28.7 Å². The highest BCUT2D eigenvalue weighted by atomic mass is 127. The molecule has 3 rings (SSSR count). The lowest BCUT2D eigenvalue weighted by Crippen LogP contribution is -2.42. The lowest BCUT2D eigenvalue weighted by atomic mass is 10.1. The van der Waals surface area contributed by atoms with Gasteiger partial charge >= 0.3 is 0 Å². The highest BCUT2D eigenvalue weighted by molar-refractivity contribution is 14.1. The van der Waals surface area contributed by atoms with Gasteiger partial charge < -0.3 is 30.7 Å². The summed E-state index contributed by atoms with van der Waals surface area (Å²) in [5.74, 6) is 0.0756. The number of aliphatic hydroxyl groups is 3. The molecule has 0 aliphatic carbocycles. The van der Waals surface area contributed by atoms with Crippen LogP contribution >= 0.6 is 22.6 Å². The second-order valence-corrected chi connectivity index (χ2v) is 5.80. The summed E-state index contributed by atoms with van der Waals surface area (Å²) in [5.41, 5.74) is 0.190. The zero-order valence-corrected chi connectivity index (χ0v) is 12.3. The van der Waals surface area contributed by atoms with Gasteiger partial charge in [-0.3, -0.25) is 9.36 Å². The summed E-state index contributed by atoms with van der Waals surface area (Å²) in [7, 11) is 0. The minimum atomic E-state index is -1.22. The maximum atomic E-state index is 11.8. The van der Waals surface area contributed by atoms with E-state index in [9.17, 15) is 15.0 Å². The van der Waals surface area contributed by atoms with E-state index in [1.54, 1.807) is 0 Å². The molecule has 20 heavy (non-hydrogen) atoms. The normalized spacial score (nSPS) is 36.4. The molecule has 1 saturated heterocycles. The van der Waals surface area contributed by atoms with Gasteiger partial charge in [-0.15, -0.1) is 0 Å². The minimum Gasteiger partial charge on any atom is -0.394 e. The van der Waals surface area contributed by atoms with Gasteiger partial charge in [0.05, 0.1) is 12.9 Å². The number of aliphatic hydroxyl groups excluding tert-OH is 3. The number of hydrogen-bond donors (Lipinski definition) is 5. The molecule has 0 aromatic carbocycles. The number of carbonyl (C=O) groups is 1. The van der Waals surface area contributed by atoms with Crippen LogP contribution in [0.4, 0.5) is 5.82 Å². The lowest BCUT2D eigenvalue weighted by molar-refractivity contribution is -0.0519. The Morgan fingerprint density at radius 2 is 2.15 bits per heavy atom. The zero-order valence-electron chi connectivity index (χ0n) is 10.1. The third-order valence-electron chi connectivity index (χ3n) is 3.32. The Labute approximate surface area is 127 Å². The summed E-state index contributed by atoms with van der Waals surface area (Å²) in [6.07, 6.45) is -2.85. The van der Waals surface area contributed by atoms with Gasteiger partial charge in [0.1, 0.15) is 24.1 Å². The van der Waals surface area contributed by atoms with Crippen LogP contribution in [0.25, 0.3) is 0 Å². The van der Waals surface area contributed by atoms with Crippen molar-refractivity contribution >= 4 is 34.3 Å². The van der Waals surface area contributed by atoms with Gasteiger partial charge in [-0.25, -0.2) is 4.98 Å². The number of alkyl halides is 1. The van der Waals surface area contributed by atoms with Gasteiger partial charge in [0, 0.05) is 0 Å². The van der Waals surface area contributed by atoms with E-state index in [1.807, 2.05) is 22.6 Å². The smallest absolute Gasteiger partial charge is 0.275 e. The second-order valence-electron chi connectivity index (χ2n) is 4.56. The van der Waals surface area contributed by atoms with Crippen LogP contribution in [-0.4, -0.2) is 59.9 Å². The number of nitrogens with zero attached hydrogens (tertiary/aromatic N) is 2. The quantitative estimate of drug-likeness (QED) is 0.231. The van der Waals surface area contributed by atoms with Gasteiger partial charge in [0.15, 0.2) is 16.1 Å². The van der Waals surface area contributed by atoms with Crippen LogP contribution in [-0.2, 0) is 4.74 Å². The van der Waals surface area contributed by atoms with E-state index in [2.05, 4.69) is 15.6 Å². The number of halogens is 1. The molecule has 2 aliphatic heterocycles. The SMILES string of the molecule is O=C1NC(I)Nc2c1ncn2C1OC(CO)C(O)C1O. The van der Waals surface area contributed by atoms with Crippen molar-refractivity contribution in [3.8, 4) is 0 Å². The Bertz CT molecular complexity index is 538. The highest BCUT2D eigenvalue weighted by Crippen LogP contribution is 2.33. The monoisotopic (exact) mass is 396 g/mol. The van der Waals surface area contributed by atoms with Crippen LogP contribution in [0.1, 0.15) is 16.7 Å². The predicted molar refractivity (Wildman–Crippen MR) is 74.1 cm³/mol. The number of anilines is 1. The van der Waals surface area contributed by atoms with Crippen molar-refractivity contribution in [2.75, 3.05) is 11.9 Å². The molecule has 0 spiro atoms. The molecule has 1 fully saturated rings. The summed E-state index contributed by atoms with van der Waals surface area (Å²) in [6.45, 7) is -0.408. The Morgan fingerprint density at radius 3 is 2.80 bits per heavy atom. The molecular weight excluding hydrogens is 383 g/mol. The third kappa shape index (κ3) is 2.07.